The van der Waals surface area contributed by atoms with Crippen LogP contribution in [0.5, 0.6) is 5.19 Å². The fraction of sp³-hybridized carbons (Fsp3) is 0.500. The lowest BCUT2D eigenvalue weighted by Crippen LogP contribution is -2.03. The van der Waals surface area contributed by atoms with Crippen LogP contribution in [-0.4, -0.2) is 25.1 Å². The molecular weight excluding hydrogens is 230 g/mol. The van der Waals surface area contributed by atoms with Gasteiger partial charge in [0.05, 0.1) is 17.5 Å². The number of rotatable bonds is 4. The molecule has 11 heavy (non-hydrogen) atoms. The molecule has 0 atom stereocenters. The first kappa shape index (κ1) is 2.97. The van der Waals surface area contributed by atoms with Gasteiger partial charge in [-0.1, -0.05) is 11.3 Å². The summed E-state index contributed by atoms with van der Waals surface area (Å²) in [5.41, 5.74) is 0. The number of aromatic nitrogens is 1. The van der Waals surface area contributed by atoms with Crippen molar-refractivity contribution in [2.45, 2.75) is 0 Å². The summed E-state index contributed by atoms with van der Waals surface area (Å²) in [6, 6.07) is 0. The summed E-state index contributed by atoms with van der Waals surface area (Å²) in [6.07, 6.45) is 0. The molecule has 0 N–H and O–H groups in total. The molecule has 0 saturated heterocycles. The van der Waals surface area contributed by atoms with E-state index in [4.69, 9.17) is 11.0 Å². The Bertz CT molecular complexity index is 441. The summed E-state index contributed by atoms with van der Waals surface area (Å²) in [5.74, 6) is 0. The van der Waals surface area contributed by atoms with E-state index in [0.717, 1.165) is 0 Å². The van der Waals surface area contributed by atoms with Gasteiger partial charge in [-0.15, -0.1) is 0 Å². The lowest BCUT2D eigenvalue weighted by Gasteiger charge is -1.98. The highest BCUT2D eigenvalue weighted by Gasteiger charge is 1.98. The van der Waals surface area contributed by atoms with Crippen LogP contribution in [0.4, 0.5) is 0 Å². The number of hydrogen-bond acceptors (Lipinski definition) is 4. The smallest absolute Gasteiger partial charge is 0.274 e. The molecule has 0 saturated carbocycles. The van der Waals surface area contributed by atoms with Crippen molar-refractivity contribution in [3.63, 3.8) is 0 Å². The first-order valence-corrected chi connectivity index (χ1v) is 3.97. The van der Waals surface area contributed by atoms with E-state index < -0.39 is 20.2 Å². The summed E-state index contributed by atoms with van der Waals surface area (Å²) in [5, 5.41) is -0.358. The average Bonchev–Trinajstić information content (AvgIpc) is 2.39. The van der Waals surface area contributed by atoms with Crippen molar-refractivity contribution < 1.29 is 20.4 Å². The van der Waals surface area contributed by atoms with Crippen LogP contribution in [0.3, 0.4) is 0 Å². The monoisotopic (exact) mass is 245 g/mol. The van der Waals surface area contributed by atoms with E-state index in [1.54, 1.807) is 0 Å². The van der Waals surface area contributed by atoms with Crippen LogP contribution in [0.2, 0.25) is 0 Å². The maximum absolute atomic E-state index is 7.41. The maximum atomic E-state index is 7.41. The zero-order valence-electron chi connectivity index (χ0n) is 13.0. The van der Waals surface area contributed by atoms with Crippen molar-refractivity contribution in [3.05, 3.63) is 9.96 Å². The highest BCUT2D eigenvalue weighted by molar-refractivity contribution is 9.10. The molecule has 0 aliphatic rings. The van der Waals surface area contributed by atoms with Gasteiger partial charge < -0.3 is 9.47 Å². The number of thiazole rings is 1. The van der Waals surface area contributed by atoms with Gasteiger partial charge in [-0.3, -0.25) is 0 Å². The van der Waals surface area contributed by atoms with Gasteiger partial charge in [-0.25, -0.2) is 0 Å². The highest BCUT2D eigenvalue weighted by Crippen LogP contribution is 2.21. The molecular formula is C6H8BrNO2S. The Kier molecular flexibility index (Phi) is 1.27. The van der Waals surface area contributed by atoms with Crippen LogP contribution in [0, 0.1) is 0 Å². The molecule has 1 aromatic heterocycles. The zero-order chi connectivity index (χ0) is 15.1. The normalized spacial score (nSPS) is 24.5. The zero-order valence-corrected chi connectivity index (χ0v) is 7.45. The van der Waals surface area contributed by atoms with E-state index in [0.29, 0.717) is 11.3 Å². The van der Waals surface area contributed by atoms with Gasteiger partial charge >= 0.3 is 0 Å². The van der Waals surface area contributed by atoms with E-state index in [2.05, 4.69) is 30.4 Å². The molecule has 0 aliphatic carbocycles. The Hall–Kier alpha value is -0.130. The Labute approximate surface area is 88.7 Å². The quantitative estimate of drug-likeness (QED) is 0.813. The van der Waals surface area contributed by atoms with E-state index in [9.17, 15) is 0 Å². The predicted molar refractivity (Wildman–Crippen MR) is 47.2 cm³/mol. The van der Waals surface area contributed by atoms with Crippen LogP contribution in [0.1, 0.15) is 11.0 Å². The van der Waals surface area contributed by atoms with Gasteiger partial charge in [0.1, 0.15) is 11.2 Å². The van der Waals surface area contributed by atoms with E-state index in [1.165, 1.54) is 0 Å². The van der Waals surface area contributed by atoms with Crippen LogP contribution < -0.4 is 4.74 Å². The number of nitrogens with zero attached hydrogens (tertiary/aromatic N) is 1. The van der Waals surface area contributed by atoms with Crippen molar-refractivity contribution in [1.29, 1.82) is 0 Å². The van der Waals surface area contributed by atoms with Crippen LogP contribution in [0.25, 0.3) is 0 Å². The largest absolute Gasteiger partial charge is 0.468 e. The first-order valence-electron chi connectivity index (χ1n) is 6.36. The molecule has 0 spiro atoms. The summed E-state index contributed by atoms with van der Waals surface area (Å²) in [4.78, 5) is 3.63. The SMILES string of the molecule is [2H]c1sc(OC([2H])([2H])C([2H])([2H])OC([2H])([2H])[2H])nc1Br. The molecule has 5 heteroatoms. The summed E-state index contributed by atoms with van der Waals surface area (Å²) in [7, 11) is -3.12. The van der Waals surface area contributed by atoms with Crippen molar-refractivity contribution in [2.75, 3.05) is 20.2 Å². The van der Waals surface area contributed by atoms with Crippen LogP contribution in [-0.2, 0) is 4.74 Å². The summed E-state index contributed by atoms with van der Waals surface area (Å²) >= 11 is 3.58. The fourth-order valence-electron chi connectivity index (χ4n) is 0.341. The molecule has 0 amide bonds. The van der Waals surface area contributed by atoms with Crippen molar-refractivity contribution in [2.24, 2.45) is 0 Å². The predicted octanol–water partition coefficient (Wildman–Crippen LogP) is 1.93. The Morgan fingerprint density at radius 2 is 2.91 bits per heavy atom. The van der Waals surface area contributed by atoms with Gasteiger partial charge in [-0.2, -0.15) is 4.98 Å². The molecule has 0 bridgehead atoms. The minimum atomic E-state index is -3.22. The van der Waals surface area contributed by atoms with Crippen LogP contribution in [0.15, 0.2) is 9.96 Å². The van der Waals surface area contributed by atoms with E-state index in [-0.39, 0.29) is 15.2 Å². The van der Waals surface area contributed by atoms with E-state index in [1.807, 2.05) is 0 Å². The highest BCUT2D eigenvalue weighted by atomic mass is 79.9. The molecule has 0 radical (unpaired) electrons. The second kappa shape index (κ2) is 4.69. The van der Waals surface area contributed by atoms with Crippen molar-refractivity contribution in [1.82, 2.24) is 4.98 Å². The van der Waals surface area contributed by atoms with Gasteiger partial charge in [0.25, 0.3) is 5.19 Å². The number of ether oxygens (including phenoxy) is 2. The molecule has 0 unspecified atom stereocenters. The van der Waals surface area contributed by atoms with Crippen molar-refractivity contribution >= 4 is 27.3 Å². The third-order valence-electron chi connectivity index (χ3n) is 0.643. The summed E-state index contributed by atoms with van der Waals surface area (Å²) < 4.78 is 65.9. The molecule has 3 nitrogen and oxygen atoms in total. The van der Waals surface area contributed by atoms with Crippen LogP contribution >= 0.6 is 27.3 Å². The van der Waals surface area contributed by atoms with Crippen molar-refractivity contribution in [3.8, 4) is 5.19 Å². The average molecular weight is 246 g/mol. The molecule has 1 heterocycles. The van der Waals surface area contributed by atoms with Gasteiger partial charge in [0, 0.05) is 12.4 Å². The molecule has 0 fully saturated rings. The first-order chi connectivity index (χ1) is 8.34. The number of halogens is 1. The fourth-order valence-corrected chi connectivity index (χ4v) is 1.30. The Balaban J connectivity index is 2.90. The maximum Gasteiger partial charge on any atom is 0.274 e. The summed E-state index contributed by atoms with van der Waals surface area (Å²) in [6.45, 7) is -6.32. The third kappa shape index (κ3) is 3.18. The van der Waals surface area contributed by atoms with Gasteiger partial charge in [-0.05, 0) is 15.9 Å². The van der Waals surface area contributed by atoms with Gasteiger partial charge in [0.2, 0.25) is 0 Å². The second-order valence-electron chi connectivity index (χ2n) is 1.28. The molecule has 1 rings (SSSR count). The lowest BCUT2D eigenvalue weighted by molar-refractivity contribution is 0.146. The lowest BCUT2D eigenvalue weighted by atomic mass is 10.8. The number of hydrogen-bond donors (Lipinski definition) is 0. The molecule has 0 aliphatic heterocycles. The molecule has 0 aromatic carbocycles. The standard InChI is InChI=1S/C6H8BrNO2S/c1-9-2-3-10-6-8-5(7)4-11-6/h4H,2-3H2,1H3/i1D3,2D2,3D2,4D. The Morgan fingerprint density at radius 3 is 3.55 bits per heavy atom. The minimum Gasteiger partial charge on any atom is -0.468 e. The number of methoxy groups -OCH3 is 1. The van der Waals surface area contributed by atoms with E-state index >= 15 is 0 Å². The molecule has 1 aromatic rings. The second-order valence-corrected chi connectivity index (χ2v) is 2.79. The minimum absolute atomic E-state index is 0.0388. The topological polar surface area (TPSA) is 31.4 Å². The third-order valence-corrected chi connectivity index (χ3v) is 1.93. The van der Waals surface area contributed by atoms with Gasteiger partial charge in [0.15, 0.2) is 0 Å². The Morgan fingerprint density at radius 1 is 2.00 bits per heavy atom. The molecule has 62 valence electrons.